The van der Waals surface area contributed by atoms with Crippen LogP contribution in [0.3, 0.4) is 0 Å². The number of nitrogens with one attached hydrogen (secondary N) is 1. The normalized spacial score (nSPS) is 12.9. The van der Waals surface area contributed by atoms with Gasteiger partial charge in [0.15, 0.2) is 0 Å². The Kier molecular flexibility index (Phi) is 6.18. The maximum Gasteiger partial charge on any atom is 0.241 e. The Balaban J connectivity index is 3.01. The maximum atomic E-state index is 12.6. The average Bonchev–Trinajstić information content (AvgIpc) is 2.32. The summed E-state index contributed by atoms with van der Waals surface area (Å²) in [4.78, 5) is 2.47. The van der Waals surface area contributed by atoms with Crippen molar-refractivity contribution in [1.82, 2.24) is 9.62 Å². The highest BCUT2D eigenvalue weighted by Crippen LogP contribution is 2.29. The third-order valence-corrected chi connectivity index (χ3v) is 5.43. The third-order valence-electron chi connectivity index (χ3n) is 3.67. The Hall–Kier alpha value is -0.910. The van der Waals surface area contributed by atoms with Gasteiger partial charge in [0.1, 0.15) is 0 Å². The van der Waals surface area contributed by atoms with Gasteiger partial charge in [-0.1, -0.05) is 32.9 Å². The molecule has 0 heterocycles. The van der Waals surface area contributed by atoms with Crippen LogP contribution >= 0.6 is 0 Å². The van der Waals surface area contributed by atoms with Crippen LogP contribution in [-0.4, -0.2) is 40.5 Å². The molecule has 1 aromatic rings. The standard InChI is InChI=1S/C17H30N2O2S/c1-13-11-15(17(3,4)5)12-14(2)16(13)22(20,21)18-9-8-10-19(6)7/h11-12,18H,8-10H2,1-7H3. The van der Waals surface area contributed by atoms with Crippen molar-refractivity contribution in [3.8, 4) is 0 Å². The quantitative estimate of drug-likeness (QED) is 0.818. The van der Waals surface area contributed by atoms with Crippen LogP contribution in [0, 0.1) is 13.8 Å². The van der Waals surface area contributed by atoms with Gasteiger partial charge in [-0.3, -0.25) is 0 Å². The highest BCUT2D eigenvalue weighted by Gasteiger charge is 2.22. The molecule has 1 rings (SSSR count). The molecule has 0 aliphatic heterocycles. The van der Waals surface area contributed by atoms with Gasteiger partial charge in [-0.2, -0.15) is 0 Å². The summed E-state index contributed by atoms with van der Waals surface area (Å²) >= 11 is 0. The van der Waals surface area contributed by atoms with E-state index >= 15 is 0 Å². The van der Waals surface area contributed by atoms with E-state index in [1.165, 1.54) is 0 Å². The van der Waals surface area contributed by atoms with Crippen molar-refractivity contribution >= 4 is 10.0 Å². The fourth-order valence-electron chi connectivity index (χ4n) is 2.48. The van der Waals surface area contributed by atoms with E-state index in [0.29, 0.717) is 11.4 Å². The van der Waals surface area contributed by atoms with Gasteiger partial charge < -0.3 is 4.90 Å². The molecule has 0 aliphatic carbocycles. The number of sulfonamides is 1. The molecule has 4 nitrogen and oxygen atoms in total. The van der Waals surface area contributed by atoms with Gasteiger partial charge in [0, 0.05) is 6.54 Å². The molecule has 0 aliphatic rings. The van der Waals surface area contributed by atoms with Crippen molar-refractivity contribution in [2.75, 3.05) is 27.2 Å². The van der Waals surface area contributed by atoms with Crippen LogP contribution in [0.15, 0.2) is 17.0 Å². The topological polar surface area (TPSA) is 49.4 Å². The minimum absolute atomic E-state index is 0.0109. The van der Waals surface area contributed by atoms with Gasteiger partial charge in [0.05, 0.1) is 4.90 Å². The van der Waals surface area contributed by atoms with E-state index in [2.05, 4.69) is 25.5 Å². The van der Waals surface area contributed by atoms with Crippen LogP contribution < -0.4 is 4.72 Å². The van der Waals surface area contributed by atoms with E-state index in [-0.39, 0.29) is 5.41 Å². The molecule has 0 unspecified atom stereocenters. The molecule has 0 bridgehead atoms. The van der Waals surface area contributed by atoms with Crippen molar-refractivity contribution in [3.05, 3.63) is 28.8 Å². The summed E-state index contributed by atoms with van der Waals surface area (Å²) in [7, 11) is 0.510. The predicted molar refractivity (Wildman–Crippen MR) is 93.0 cm³/mol. The third kappa shape index (κ3) is 5.07. The average molecular weight is 327 g/mol. The van der Waals surface area contributed by atoms with Gasteiger partial charge >= 0.3 is 0 Å². The molecule has 22 heavy (non-hydrogen) atoms. The van der Waals surface area contributed by atoms with E-state index in [9.17, 15) is 8.42 Å². The fraction of sp³-hybridized carbons (Fsp3) is 0.647. The van der Waals surface area contributed by atoms with E-state index in [1.807, 2.05) is 45.0 Å². The number of benzene rings is 1. The Bertz CT molecular complexity index is 591. The van der Waals surface area contributed by atoms with E-state index < -0.39 is 10.0 Å². The minimum Gasteiger partial charge on any atom is -0.309 e. The van der Waals surface area contributed by atoms with Crippen molar-refractivity contribution in [2.45, 2.75) is 51.3 Å². The summed E-state index contributed by atoms with van der Waals surface area (Å²) in [6.07, 6.45) is 0.796. The molecular weight excluding hydrogens is 296 g/mol. The summed E-state index contributed by atoms with van der Waals surface area (Å²) in [6, 6.07) is 3.97. The monoisotopic (exact) mass is 326 g/mol. The molecule has 1 aromatic carbocycles. The molecule has 1 N–H and O–H groups in total. The minimum atomic E-state index is -3.45. The Morgan fingerprint density at radius 2 is 1.59 bits per heavy atom. The van der Waals surface area contributed by atoms with E-state index in [1.54, 1.807) is 0 Å². The lowest BCUT2D eigenvalue weighted by molar-refractivity contribution is 0.400. The zero-order chi connectivity index (χ0) is 17.1. The molecule has 0 amide bonds. The Labute approximate surface area is 136 Å². The Morgan fingerprint density at radius 1 is 1.09 bits per heavy atom. The lowest BCUT2D eigenvalue weighted by atomic mass is 9.85. The zero-order valence-electron chi connectivity index (χ0n) is 14.9. The molecule has 0 fully saturated rings. The first-order chi connectivity index (χ1) is 9.95. The first kappa shape index (κ1) is 19.1. The van der Waals surface area contributed by atoms with Crippen molar-refractivity contribution in [3.63, 3.8) is 0 Å². The molecule has 0 radical (unpaired) electrons. The van der Waals surface area contributed by atoms with E-state index in [0.717, 1.165) is 29.7 Å². The first-order valence-corrected chi connectivity index (χ1v) is 9.19. The molecular formula is C17H30N2O2S. The fourth-order valence-corrected chi connectivity index (χ4v) is 4.00. The summed E-state index contributed by atoms with van der Waals surface area (Å²) < 4.78 is 27.8. The Morgan fingerprint density at radius 3 is 2.00 bits per heavy atom. The van der Waals surface area contributed by atoms with Crippen LogP contribution in [0.5, 0.6) is 0 Å². The van der Waals surface area contributed by atoms with Gasteiger partial charge in [0.25, 0.3) is 0 Å². The molecule has 0 spiro atoms. The number of hydrogen-bond acceptors (Lipinski definition) is 3. The lowest BCUT2D eigenvalue weighted by Gasteiger charge is -2.22. The second kappa shape index (κ2) is 7.11. The van der Waals surface area contributed by atoms with Crippen molar-refractivity contribution < 1.29 is 8.42 Å². The lowest BCUT2D eigenvalue weighted by Crippen LogP contribution is -2.28. The van der Waals surface area contributed by atoms with Crippen molar-refractivity contribution in [2.24, 2.45) is 0 Å². The van der Waals surface area contributed by atoms with Crippen LogP contribution in [0.1, 0.15) is 43.9 Å². The molecule has 0 atom stereocenters. The summed E-state index contributed by atoms with van der Waals surface area (Å²) in [6.45, 7) is 11.5. The zero-order valence-corrected chi connectivity index (χ0v) is 15.8. The van der Waals surface area contributed by atoms with Crippen LogP contribution in [0.2, 0.25) is 0 Å². The second-order valence-electron chi connectivity index (χ2n) is 7.24. The first-order valence-electron chi connectivity index (χ1n) is 7.71. The van der Waals surface area contributed by atoms with Crippen LogP contribution in [-0.2, 0) is 15.4 Å². The summed E-state index contributed by atoms with van der Waals surface area (Å²) in [5.74, 6) is 0. The highest BCUT2D eigenvalue weighted by molar-refractivity contribution is 7.89. The highest BCUT2D eigenvalue weighted by atomic mass is 32.2. The van der Waals surface area contributed by atoms with Gasteiger partial charge in [0.2, 0.25) is 10.0 Å². The summed E-state index contributed by atoms with van der Waals surface area (Å²) in [5, 5.41) is 0. The number of aryl methyl sites for hydroxylation is 2. The van der Waals surface area contributed by atoms with Gasteiger partial charge in [-0.15, -0.1) is 0 Å². The molecule has 5 heteroatoms. The van der Waals surface area contributed by atoms with Gasteiger partial charge in [-0.25, -0.2) is 13.1 Å². The number of nitrogens with zero attached hydrogens (tertiary/aromatic N) is 1. The van der Waals surface area contributed by atoms with Crippen LogP contribution in [0.25, 0.3) is 0 Å². The van der Waals surface area contributed by atoms with E-state index in [4.69, 9.17) is 0 Å². The SMILES string of the molecule is Cc1cc(C(C)(C)C)cc(C)c1S(=O)(=O)NCCCN(C)C. The van der Waals surface area contributed by atoms with Crippen molar-refractivity contribution in [1.29, 1.82) is 0 Å². The number of hydrogen-bond donors (Lipinski definition) is 1. The maximum absolute atomic E-state index is 12.6. The molecule has 0 saturated heterocycles. The molecule has 126 valence electrons. The van der Waals surface area contributed by atoms with Gasteiger partial charge in [-0.05, 0) is 63.0 Å². The molecule has 0 saturated carbocycles. The summed E-state index contributed by atoms with van der Waals surface area (Å²) in [5.41, 5.74) is 2.79. The van der Waals surface area contributed by atoms with Crippen LogP contribution in [0.4, 0.5) is 0 Å². The largest absolute Gasteiger partial charge is 0.309 e. The second-order valence-corrected chi connectivity index (χ2v) is 8.95. The smallest absolute Gasteiger partial charge is 0.241 e. The molecule has 0 aromatic heterocycles. The number of rotatable bonds is 6. The predicted octanol–water partition coefficient (Wildman–Crippen LogP) is 2.83.